The second kappa shape index (κ2) is 4.89. The zero-order chi connectivity index (χ0) is 13.2. The largest absolute Gasteiger partial charge is 0.426 e. The van der Waals surface area contributed by atoms with E-state index in [4.69, 9.17) is 9.47 Å². The number of carbonyl (C=O) groups excluding carboxylic acids is 1. The molecule has 1 fully saturated rings. The van der Waals surface area contributed by atoms with Gasteiger partial charge in [-0.1, -0.05) is 19.8 Å². The van der Waals surface area contributed by atoms with E-state index >= 15 is 0 Å². The van der Waals surface area contributed by atoms with Crippen LogP contribution in [0.1, 0.15) is 32.6 Å². The normalized spacial score (nSPS) is 28.3. The standard InChI is InChI=1S/C12H15NO5/c1-2-3-4-5-11(14)18-12-7-6-9(13(15)16)8-10(12)17-12/h6-8,10H,2-5H2,1H3/t10-,12-/m0/s1. The van der Waals surface area contributed by atoms with E-state index in [1.807, 2.05) is 0 Å². The van der Waals surface area contributed by atoms with Gasteiger partial charge in [0, 0.05) is 18.6 Å². The molecule has 0 unspecified atom stereocenters. The van der Waals surface area contributed by atoms with E-state index in [0.717, 1.165) is 19.3 Å². The molecule has 2 aliphatic rings. The van der Waals surface area contributed by atoms with Gasteiger partial charge in [0.2, 0.25) is 0 Å². The molecule has 0 radical (unpaired) electrons. The lowest BCUT2D eigenvalue weighted by Crippen LogP contribution is -2.23. The molecule has 0 aromatic heterocycles. The average molecular weight is 253 g/mol. The lowest BCUT2D eigenvalue weighted by Gasteiger charge is -2.11. The lowest BCUT2D eigenvalue weighted by atomic mass is 10.1. The summed E-state index contributed by atoms with van der Waals surface area (Å²) in [7, 11) is 0. The Bertz CT molecular complexity index is 428. The highest BCUT2D eigenvalue weighted by atomic mass is 16.8. The minimum absolute atomic E-state index is 0.0323. The third-order valence-electron chi connectivity index (χ3n) is 2.93. The number of hydrogen-bond acceptors (Lipinski definition) is 5. The summed E-state index contributed by atoms with van der Waals surface area (Å²) in [4.78, 5) is 21.6. The maximum absolute atomic E-state index is 11.5. The Hall–Kier alpha value is -1.69. The number of fused-ring (bicyclic) bond motifs is 1. The molecule has 98 valence electrons. The predicted octanol–water partition coefficient (Wildman–Crippen LogP) is 1.94. The highest BCUT2D eigenvalue weighted by molar-refractivity contribution is 5.70. The number of nitro groups is 1. The SMILES string of the molecule is CCCCCC(=O)O[C@@]12C=CC([N+](=O)[O-])=C[C@@H]1O2. The van der Waals surface area contributed by atoms with Crippen LogP contribution in [0.3, 0.4) is 0 Å². The fourth-order valence-corrected chi connectivity index (χ4v) is 1.85. The average Bonchev–Trinajstić information content (AvgIpc) is 3.01. The number of allylic oxidation sites excluding steroid dienone is 1. The molecule has 0 saturated carbocycles. The van der Waals surface area contributed by atoms with Crippen molar-refractivity contribution >= 4 is 5.97 Å². The molecule has 2 atom stereocenters. The van der Waals surface area contributed by atoms with Crippen LogP contribution >= 0.6 is 0 Å². The highest BCUT2D eigenvalue weighted by Gasteiger charge is 2.60. The van der Waals surface area contributed by atoms with Crippen molar-refractivity contribution in [2.24, 2.45) is 0 Å². The fraction of sp³-hybridized carbons (Fsp3) is 0.583. The lowest BCUT2D eigenvalue weighted by molar-refractivity contribution is -0.419. The van der Waals surface area contributed by atoms with Crippen LogP contribution in [-0.4, -0.2) is 22.8 Å². The summed E-state index contributed by atoms with van der Waals surface area (Å²) in [5.74, 6) is -1.41. The molecule has 2 rings (SSSR count). The molecule has 1 heterocycles. The van der Waals surface area contributed by atoms with E-state index in [-0.39, 0.29) is 11.7 Å². The maximum atomic E-state index is 11.5. The number of nitrogens with zero attached hydrogens (tertiary/aromatic N) is 1. The zero-order valence-corrected chi connectivity index (χ0v) is 10.1. The van der Waals surface area contributed by atoms with Crippen molar-refractivity contribution in [1.82, 2.24) is 0 Å². The number of esters is 1. The fourth-order valence-electron chi connectivity index (χ4n) is 1.85. The van der Waals surface area contributed by atoms with E-state index in [9.17, 15) is 14.9 Å². The Morgan fingerprint density at radius 1 is 1.61 bits per heavy atom. The number of carbonyl (C=O) groups is 1. The van der Waals surface area contributed by atoms with Gasteiger partial charge < -0.3 is 9.47 Å². The molecule has 6 nitrogen and oxygen atoms in total. The molecule has 1 saturated heterocycles. The van der Waals surface area contributed by atoms with Crippen molar-refractivity contribution in [3.63, 3.8) is 0 Å². The monoisotopic (exact) mass is 253 g/mol. The summed E-state index contributed by atoms with van der Waals surface area (Å²) in [6.45, 7) is 2.05. The van der Waals surface area contributed by atoms with Crippen molar-refractivity contribution in [1.29, 1.82) is 0 Å². The van der Waals surface area contributed by atoms with E-state index in [2.05, 4.69) is 6.92 Å². The van der Waals surface area contributed by atoms with Crippen LogP contribution in [0.5, 0.6) is 0 Å². The van der Waals surface area contributed by atoms with Gasteiger partial charge in [-0.25, -0.2) is 0 Å². The molecule has 18 heavy (non-hydrogen) atoms. The van der Waals surface area contributed by atoms with E-state index in [1.165, 1.54) is 18.2 Å². The maximum Gasteiger partial charge on any atom is 0.308 e. The quantitative estimate of drug-likeness (QED) is 0.237. The van der Waals surface area contributed by atoms with Crippen molar-refractivity contribution in [2.75, 3.05) is 0 Å². The number of rotatable bonds is 6. The molecule has 0 aromatic carbocycles. The number of ether oxygens (including phenoxy) is 2. The van der Waals surface area contributed by atoms with Crippen molar-refractivity contribution in [2.45, 2.75) is 44.5 Å². The molecule has 0 amide bonds. The minimum Gasteiger partial charge on any atom is -0.426 e. The van der Waals surface area contributed by atoms with Crippen LogP contribution in [0.15, 0.2) is 23.9 Å². The Morgan fingerprint density at radius 3 is 3.00 bits per heavy atom. The summed E-state index contributed by atoms with van der Waals surface area (Å²) >= 11 is 0. The number of unbranched alkanes of at least 4 members (excludes halogenated alkanes) is 2. The first-order chi connectivity index (χ1) is 8.57. The van der Waals surface area contributed by atoms with Crippen LogP contribution in [-0.2, 0) is 14.3 Å². The van der Waals surface area contributed by atoms with Gasteiger partial charge in [-0.15, -0.1) is 0 Å². The Kier molecular flexibility index (Phi) is 3.47. The Morgan fingerprint density at radius 2 is 2.39 bits per heavy atom. The van der Waals surface area contributed by atoms with Gasteiger partial charge in [0.1, 0.15) is 0 Å². The van der Waals surface area contributed by atoms with Gasteiger partial charge in [-0.2, -0.15) is 0 Å². The second-order valence-electron chi connectivity index (χ2n) is 4.37. The van der Waals surface area contributed by atoms with Crippen LogP contribution in [0, 0.1) is 10.1 Å². The smallest absolute Gasteiger partial charge is 0.308 e. The topological polar surface area (TPSA) is 82.0 Å². The van der Waals surface area contributed by atoms with Crippen molar-refractivity contribution in [3.05, 3.63) is 34.0 Å². The third-order valence-corrected chi connectivity index (χ3v) is 2.93. The molecule has 0 bridgehead atoms. The zero-order valence-electron chi connectivity index (χ0n) is 10.1. The molecular formula is C12H15NO5. The van der Waals surface area contributed by atoms with Gasteiger partial charge in [-0.3, -0.25) is 14.9 Å². The molecule has 1 aliphatic carbocycles. The summed E-state index contributed by atoms with van der Waals surface area (Å²) in [5.41, 5.74) is -0.0323. The number of epoxide rings is 1. The van der Waals surface area contributed by atoms with Crippen molar-refractivity contribution < 1.29 is 19.2 Å². The molecule has 1 aliphatic heterocycles. The molecular weight excluding hydrogens is 238 g/mol. The van der Waals surface area contributed by atoms with Gasteiger partial charge >= 0.3 is 5.97 Å². The van der Waals surface area contributed by atoms with E-state index < -0.39 is 16.8 Å². The van der Waals surface area contributed by atoms with Crippen LogP contribution in [0.2, 0.25) is 0 Å². The van der Waals surface area contributed by atoms with E-state index in [1.54, 1.807) is 0 Å². The molecule has 6 heteroatoms. The second-order valence-corrected chi connectivity index (χ2v) is 4.37. The number of hydrogen-bond donors (Lipinski definition) is 0. The summed E-state index contributed by atoms with van der Waals surface area (Å²) in [5, 5.41) is 10.5. The van der Waals surface area contributed by atoms with Gasteiger partial charge in [0.25, 0.3) is 11.5 Å². The first-order valence-electron chi connectivity index (χ1n) is 6.02. The molecule has 0 spiro atoms. The highest BCUT2D eigenvalue weighted by Crippen LogP contribution is 2.44. The van der Waals surface area contributed by atoms with Crippen molar-refractivity contribution in [3.8, 4) is 0 Å². The third kappa shape index (κ3) is 2.59. The summed E-state index contributed by atoms with van der Waals surface area (Å²) in [6, 6.07) is 0. The van der Waals surface area contributed by atoms with Gasteiger partial charge in [0.15, 0.2) is 6.10 Å². The van der Waals surface area contributed by atoms with Gasteiger partial charge in [0.05, 0.1) is 4.92 Å². The van der Waals surface area contributed by atoms with Crippen LogP contribution in [0.4, 0.5) is 0 Å². The summed E-state index contributed by atoms with van der Waals surface area (Å²) < 4.78 is 10.4. The van der Waals surface area contributed by atoms with Gasteiger partial charge in [-0.05, 0) is 12.5 Å². The minimum atomic E-state index is -1.08. The van der Waals surface area contributed by atoms with E-state index in [0.29, 0.717) is 6.42 Å². The molecule has 0 N–H and O–H groups in total. The Balaban J connectivity index is 1.85. The molecule has 0 aromatic rings. The Labute approximate surface area is 104 Å². The van der Waals surface area contributed by atoms with Crippen LogP contribution in [0.25, 0.3) is 0 Å². The summed E-state index contributed by atoms with van der Waals surface area (Å²) in [6.07, 6.45) is 6.74. The first kappa shape index (κ1) is 12.8. The predicted molar refractivity (Wildman–Crippen MR) is 62.1 cm³/mol. The van der Waals surface area contributed by atoms with Crippen LogP contribution < -0.4 is 0 Å². The first-order valence-corrected chi connectivity index (χ1v) is 6.02.